The van der Waals surface area contributed by atoms with E-state index in [0.717, 1.165) is 6.20 Å². The first kappa shape index (κ1) is 15.9. The zero-order chi connectivity index (χ0) is 15.6. The SMILES string of the molecule is CNN1C[C@H](Nc2cncc(C(F)(F)F)n2)[C@@H](O)[C@@H](O)C1. The van der Waals surface area contributed by atoms with Gasteiger partial charge in [0.15, 0.2) is 5.69 Å². The summed E-state index contributed by atoms with van der Waals surface area (Å²) in [4.78, 5) is 6.90. The Labute approximate surface area is 118 Å². The number of anilines is 1. The lowest BCUT2D eigenvalue weighted by Crippen LogP contribution is -2.60. The molecule has 0 bridgehead atoms. The van der Waals surface area contributed by atoms with Crippen LogP contribution >= 0.6 is 0 Å². The Bertz CT molecular complexity index is 487. The van der Waals surface area contributed by atoms with Gasteiger partial charge in [0.05, 0.1) is 24.5 Å². The molecule has 0 unspecified atom stereocenters. The largest absolute Gasteiger partial charge is 0.434 e. The molecule has 3 atom stereocenters. The molecule has 1 aromatic heterocycles. The third kappa shape index (κ3) is 3.79. The normalized spacial score (nSPS) is 27.6. The molecule has 4 N–H and O–H groups in total. The smallest absolute Gasteiger partial charge is 0.389 e. The topological polar surface area (TPSA) is 93.5 Å². The van der Waals surface area contributed by atoms with E-state index in [9.17, 15) is 23.4 Å². The number of aromatic nitrogens is 2. The first-order valence-corrected chi connectivity index (χ1v) is 6.25. The van der Waals surface area contributed by atoms with Gasteiger partial charge >= 0.3 is 6.18 Å². The molecule has 0 saturated carbocycles. The first-order chi connectivity index (χ1) is 9.81. The number of hydrogen-bond acceptors (Lipinski definition) is 7. The van der Waals surface area contributed by atoms with Crippen LogP contribution in [0.25, 0.3) is 0 Å². The van der Waals surface area contributed by atoms with Crippen molar-refractivity contribution in [2.45, 2.75) is 24.4 Å². The van der Waals surface area contributed by atoms with Crippen LogP contribution in [0.4, 0.5) is 19.0 Å². The van der Waals surface area contributed by atoms with Crippen LogP contribution in [-0.2, 0) is 6.18 Å². The van der Waals surface area contributed by atoms with Crippen LogP contribution in [0, 0.1) is 0 Å². The van der Waals surface area contributed by atoms with Crippen molar-refractivity contribution in [3.63, 3.8) is 0 Å². The molecule has 1 fully saturated rings. The lowest BCUT2D eigenvalue weighted by atomic mass is 10.0. The zero-order valence-corrected chi connectivity index (χ0v) is 11.2. The fraction of sp³-hybridized carbons (Fsp3) is 0.636. The van der Waals surface area contributed by atoms with Crippen molar-refractivity contribution in [2.75, 3.05) is 25.5 Å². The van der Waals surface area contributed by atoms with E-state index >= 15 is 0 Å². The highest BCUT2D eigenvalue weighted by molar-refractivity contribution is 5.34. The fourth-order valence-electron chi connectivity index (χ4n) is 2.10. The quantitative estimate of drug-likeness (QED) is 0.595. The molecular formula is C11H16F3N5O2. The standard InChI is InChI=1S/C11H16F3N5O2/c1-15-19-4-6(10(21)7(20)5-19)17-9-3-16-2-8(18-9)11(12,13)14/h2-3,6-7,10,15,20-21H,4-5H2,1H3,(H,17,18)/t6-,7-,10+/m0/s1. The fourth-order valence-corrected chi connectivity index (χ4v) is 2.10. The maximum absolute atomic E-state index is 12.6. The van der Waals surface area contributed by atoms with Gasteiger partial charge in [-0.05, 0) is 7.05 Å². The summed E-state index contributed by atoms with van der Waals surface area (Å²) in [5.41, 5.74) is 1.69. The molecule has 1 aliphatic heterocycles. The summed E-state index contributed by atoms with van der Waals surface area (Å²) in [7, 11) is 1.64. The van der Waals surface area contributed by atoms with E-state index in [4.69, 9.17) is 0 Å². The molecule has 2 rings (SSSR count). The maximum Gasteiger partial charge on any atom is 0.434 e. The number of nitrogens with zero attached hydrogens (tertiary/aromatic N) is 3. The van der Waals surface area contributed by atoms with Crippen molar-refractivity contribution >= 4 is 5.82 Å². The summed E-state index contributed by atoms with van der Waals surface area (Å²) in [5.74, 6) is -0.112. The number of aliphatic hydroxyl groups is 2. The van der Waals surface area contributed by atoms with Crippen LogP contribution in [0.15, 0.2) is 12.4 Å². The molecule has 118 valence electrons. The van der Waals surface area contributed by atoms with Crippen molar-refractivity contribution in [1.29, 1.82) is 0 Å². The highest BCUT2D eigenvalue weighted by Gasteiger charge is 2.36. The minimum Gasteiger partial charge on any atom is -0.389 e. The molecule has 2 heterocycles. The predicted octanol–water partition coefficient (Wildman–Crippen LogP) is -0.552. The summed E-state index contributed by atoms with van der Waals surface area (Å²) in [6.07, 6.45) is -4.98. The van der Waals surface area contributed by atoms with Gasteiger partial charge in [-0.15, -0.1) is 0 Å². The van der Waals surface area contributed by atoms with E-state index in [0.29, 0.717) is 6.20 Å². The van der Waals surface area contributed by atoms with Crippen molar-refractivity contribution in [1.82, 2.24) is 20.4 Å². The number of alkyl halides is 3. The highest BCUT2D eigenvalue weighted by atomic mass is 19.4. The number of halogens is 3. The van der Waals surface area contributed by atoms with Crippen LogP contribution in [0.2, 0.25) is 0 Å². The Morgan fingerprint density at radius 2 is 2.00 bits per heavy atom. The maximum atomic E-state index is 12.6. The predicted molar refractivity (Wildman–Crippen MR) is 67.1 cm³/mol. The van der Waals surface area contributed by atoms with Gasteiger partial charge in [-0.25, -0.2) is 9.99 Å². The molecule has 0 aliphatic carbocycles. The van der Waals surface area contributed by atoms with Gasteiger partial charge in [-0.1, -0.05) is 0 Å². The third-order valence-corrected chi connectivity index (χ3v) is 3.21. The molecule has 0 spiro atoms. The van der Waals surface area contributed by atoms with E-state index in [1.165, 1.54) is 0 Å². The van der Waals surface area contributed by atoms with Crippen molar-refractivity contribution in [3.05, 3.63) is 18.1 Å². The average Bonchev–Trinajstić information content (AvgIpc) is 2.43. The van der Waals surface area contributed by atoms with Gasteiger partial charge < -0.3 is 15.5 Å². The number of β-amino-alcohol motifs (C(OH)–C–C–N with tert-alkyl or cyclic N) is 1. The van der Waals surface area contributed by atoms with Crippen molar-refractivity contribution in [3.8, 4) is 0 Å². The van der Waals surface area contributed by atoms with E-state index in [1.54, 1.807) is 12.1 Å². The number of hydrazine groups is 1. The zero-order valence-electron chi connectivity index (χ0n) is 11.2. The second-order valence-electron chi connectivity index (χ2n) is 4.72. The van der Waals surface area contributed by atoms with Gasteiger partial charge in [0.1, 0.15) is 11.9 Å². The second-order valence-corrected chi connectivity index (χ2v) is 4.72. The summed E-state index contributed by atoms with van der Waals surface area (Å²) < 4.78 is 37.7. The van der Waals surface area contributed by atoms with Gasteiger partial charge in [0, 0.05) is 13.1 Å². The van der Waals surface area contributed by atoms with E-state index in [1.807, 2.05) is 0 Å². The Balaban J connectivity index is 2.13. The Morgan fingerprint density at radius 1 is 1.29 bits per heavy atom. The summed E-state index contributed by atoms with van der Waals surface area (Å²) in [6, 6.07) is -0.681. The summed E-state index contributed by atoms with van der Waals surface area (Å²) in [5, 5.41) is 23.9. The number of nitrogens with one attached hydrogen (secondary N) is 2. The molecule has 0 amide bonds. The van der Waals surface area contributed by atoms with Crippen LogP contribution in [0.3, 0.4) is 0 Å². The summed E-state index contributed by atoms with van der Waals surface area (Å²) >= 11 is 0. The number of hydrogen-bond donors (Lipinski definition) is 4. The molecule has 0 radical (unpaired) electrons. The van der Waals surface area contributed by atoms with Gasteiger partial charge in [-0.2, -0.15) is 13.2 Å². The van der Waals surface area contributed by atoms with Crippen LogP contribution in [0.5, 0.6) is 0 Å². The van der Waals surface area contributed by atoms with Crippen molar-refractivity contribution in [2.24, 2.45) is 0 Å². The number of aliphatic hydroxyl groups excluding tert-OH is 2. The minimum atomic E-state index is -4.59. The lowest BCUT2D eigenvalue weighted by molar-refractivity contribution is -0.141. The Hall–Kier alpha value is -1.49. The van der Waals surface area contributed by atoms with Gasteiger partial charge in [-0.3, -0.25) is 10.4 Å². The Kier molecular flexibility index (Phi) is 4.61. The molecule has 0 aromatic carbocycles. The first-order valence-electron chi connectivity index (χ1n) is 6.25. The lowest BCUT2D eigenvalue weighted by Gasteiger charge is -2.39. The van der Waals surface area contributed by atoms with E-state index in [2.05, 4.69) is 20.7 Å². The molecule has 1 aliphatic rings. The van der Waals surface area contributed by atoms with Crippen LogP contribution in [0.1, 0.15) is 5.69 Å². The van der Waals surface area contributed by atoms with E-state index < -0.39 is 30.1 Å². The second kappa shape index (κ2) is 6.10. The minimum absolute atomic E-state index is 0.112. The highest BCUT2D eigenvalue weighted by Crippen LogP contribution is 2.27. The van der Waals surface area contributed by atoms with E-state index in [-0.39, 0.29) is 18.9 Å². The third-order valence-electron chi connectivity index (χ3n) is 3.21. The number of piperidine rings is 1. The monoisotopic (exact) mass is 307 g/mol. The molecular weight excluding hydrogens is 291 g/mol. The Morgan fingerprint density at radius 3 is 2.62 bits per heavy atom. The van der Waals surface area contributed by atoms with Crippen LogP contribution < -0.4 is 10.7 Å². The van der Waals surface area contributed by atoms with Gasteiger partial charge in [0.25, 0.3) is 0 Å². The molecule has 1 aromatic rings. The molecule has 1 saturated heterocycles. The molecule has 21 heavy (non-hydrogen) atoms. The van der Waals surface area contributed by atoms with Gasteiger partial charge in [0.2, 0.25) is 0 Å². The molecule has 7 nitrogen and oxygen atoms in total. The average molecular weight is 307 g/mol. The van der Waals surface area contributed by atoms with Crippen LogP contribution in [-0.4, -0.2) is 63.6 Å². The number of rotatable bonds is 3. The summed E-state index contributed by atoms with van der Waals surface area (Å²) in [6.45, 7) is 0.497. The molecule has 10 heteroatoms. The van der Waals surface area contributed by atoms with Crippen molar-refractivity contribution < 1.29 is 23.4 Å².